The molecule has 73 heavy (non-hydrogen) atoms. The molecule has 0 spiro atoms. The monoisotopic (exact) mass is 1080 g/mol. The summed E-state index contributed by atoms with van der Waals surface area (Å²) in [6, 6.07) is 4.07. The lowest BCUT2D eigenvalue weighted by Crippen LogP contribution is -2.53. The predicted molar refractivity (Wildman–Crippen MR) is 260 cm³/mol. The van der Waals surface area contributed by atoms with Crippen molar-refractivity contribution in [2.75, 3.05) is 61.9 Å². The smallest absolute Gasteiger partial charge is 0.269 e. The van der Waals surface area contributed by atoms with Crippen LogP contribution in [0.4, 0.5) is 23.2 Å². The summed E-state index contributed by atoms with van der Waals surface area (Å²) in [6.45, 7) is 7.51. The number of azide groups is 1. The average Bonchev–Trinajstić information content (AvgIpc) is 3.28. The highest BCUT2D eigenvalue weighted by atomic mass is 32.2. The van der Waals surface area contributed by atoms with Gasteiger partial charge in [0.05, 0.1) is 43.9 Å². The Labute approximate surface area is 418 Å². The van der Waals surface area contributed by atoms with Crippen molar-refractivity contribution in [3.8, 4) is 11.5 Å². The van der Waals surface area contributed by atoms with Crippen molar-refractivity contribution in [1.82, 2.24) is 14.8 Å². The van der Waals surface area contributed by atoms with Gasteiger partial charge in [0.15, 0.2) is 28.8 Å². The van der Waals surface area contributed by atoms with Crippen LogP contribution in [0.25, 0.3) is 27.2 Å². The first kappa shape index (κ1) is 54.9. The Hall–Kier alpha value is -5.89. The summed E-state index contributed by atoms with van der Waals surface area (Å²) in [5, 5.41) is 6.41. The van der Waals surface area contributed by atoms with E-state index in [9.17, 15) is 48.5 Å². The Morgan fingerprint density at radius 2 is 1.59 bits per heavy atom. The van der Waals surface area contributed by atoms with Crippen LogP contribution in [0, 0.1) is 23.3 Å². The molecule has 394 valence electrons. The van der Waals surface area contributed by atoms with E-state index in [-0.39, 0.29) is 76.4 Å². The van der Waals surface area contributed by atoms with Gasteiger partial charge in [-0.25, -0.2) is 30.6 Å². The van der Waals surface area contributed by atoms with E-state index in [1.807, 2.05) is 9.48 Å². The molecule has 2 amide bonds. The van der Waals surface area contributed by atoms with Gasteiger partial charge in [-0.3, -0.25) is 18.7 Å². The Morgan fingerprint density at radius 3 is 2.25 bits per heavy atom. The zero-order valence-corrected chi connectivity index (χ0v) is 42.8. The number of anilines is 1. The molecule has 0 aliphatic carbocycles. The van der Waals surface area contributed by atoms with Gasteiger partial charge >= 0.3 is 0 Å². The largest absolute Gasteiger partial charge is 0.748 e. The van der Waals surface area contributed by atoms with E-state index < -0.39 is 111 Å². The van der Waals surface area contributed by atoms with Crippen LogP contribution >= 0.6 is 0 Å². The van der Waals surface area contributed by atoms with Gasteiger partial charge in [-0.1, -0.05) is 17.6 Å². The maximum atomic E-state index is 17.2. The molecule has 4 aliphatic heterocycles. The molecular weight excluding hydrogens is 1030 g/mol. The minimum absolute atomic E-state index is 0.00469. The highest BCUT2D eigenvalue weighted by Crippen LogP contribution is 2.49. The van der Waals surface area contributed by atoms with Crippen LogP contribution in [-0.4, -0.2) is 124 Å². The van der Waals surface area contributed by atoms with Gasteiger partial charge < -0.3 is 24.4 Å². The van der Waals surface area contributed by atoms with E-state index in [1.54, 1.807) is 39.8 Å². The molecule has 7 rings (SSSR count). The Bertz CT molecular complexity index is 3450. The third-order valence-corrected chi connectivity index (χ3v) is 15.3. The minimum Gasteiger partial charge on any atom is -0.748 e. The maximum absolute atomic E-state index is 17.2. The quantitative estimate of drug-likeness (QED) is 0.0129. The third kappa shape index (κ3) is 11.6. The van der Waals surface area contributed by atoms with Crippen molar-refractivity contribution in [3.63, 3.8) is 0 Å². The van der Waals surface area contributed by atoms with Crippen molar-refractivity contribution < 1.29 is 70.8 Å². The number of amides is 2. The first-order chi connectivity index (χ1) is 33.9. The van der Waals surface area contributed by atoms with E-state index in [0.29, 0.717) is 66.7 Å². The molecule has 26 heteroatoms. The van der Waals surface area contributed by atoms with Gasteiger partial charge in [0.1, 0.15) is 23.8 Å². The number of carbonyl (C=O) groups is 2. The molecule has 0 unspecified atom stereocenters. The molecule has 19 nitrogen and oxygen atoms in total. The van der Waals surface area contributed by atoms with Crippen molar-refractivity contribution >= 4 is 64.6 Å². The number of rotatable bonds is 19. The standard InChI is InChI=1S/C47H53F4N7O12S3/c1-46(2)22-26(24-72(64,65)66)29-19-31-34(21-33(29)57(46)15-8-6-7-12-35(59)53-13-10-14-54-55-52)70-44-28-11-9-16-58-43(28)30(27(23-47(58,3)4)25-73(67,68)69)20-32(44)36(31)37-38(40(49)42(51)41(50)39(37)48)45(60)56(5)17-18-71(61,62)63/h19-23H,6-18,24-25H2,1-5H3,(H3-,53,59,61,62,63,64,65,66,67,68,69). The number of ether oxygens (including phenoxy) is 1. The fourth-order valence-electron chi connectivity index (χ4n) is 10.1. The van der Waals surface area contributed by atoms with E-state index in [2.05, 4.69) is 15.3 Å². The second kappa shape index (κ2) is 20.4. The lowest BCUT2D eigenvalue weighted by atomic mass is 9.81. The highest BCUT2D eigenvalue weighted by molar-refractivity contribution is 7.86. The van der Waals surface area contributed by atoms with Gasteiger partial charge in [0.2, 0.25) is 11.3 Å². The van der Waals surface area contributed by atoms with Gasteiger partial charge in [-0.05, 0) is 74.4 Å². The van der Waals surface area contributed by atoms with E-state index in [1.165, 1.54) is 18.2 Å². The molecule has 0 radical (unpaired) electrons. The predicted octanol–water partition coefficient (Wildman–Crippen LogP) is 4.96. The van der Waals surface area contributed by atoms with Crippen molar-refractivity contribution in [2.24, 2.45) is 5.11 Å². The Morgan fingerprint density at radius 1 is 0.904 bits per heavy atom. The summed E-state index contributed by atoms with van der Waals surface area (Å²) in [5.41, 5.74) is 4.04. The fourth-order valence-corrected chi connectivity index (χ4v) is 11.9. The second-order valence-corrected chi connectivity index (χ2v) is 23.9. The lowest BCUT2D eigenvalue weighted by molar-refractivity contribution is -0.121. The summed E-state index contributed by atoms with van der Waals surface area (Å²) < 4.78 is 180. The van der Waals surface area contributed by atoms with Gasteiger partial charge in [0.25, 0.3) is 26.1 Å². The molecule has 4 aliphatic rings. The first-order valence-electron chi connectivity index (χ1n) is 23.1. The molecule has 3 N–H and O–H groups in total. The van der Waals surface area contributed by atoms with Crippen LogP contribution in [0.5, 0.6) is 11.5 Å². The van der Waals surface area contributed by atoms with Gasteiger partial charge in [-0.2, -0.15) is 16.8 Å². The summed E-state index contributed by atoms with van der Waals surface area (Å²) in [4.78, 5) is 31.9. The average molecular weight is 1080 g/mol. The number of unbranched alkanes of at least 4 members (excludes halogenated alkanes) is 2. The number of fused-ring (bicyclic) bond motifs is 4. The molecule has 0 aromatic heterocycles. The molecular formula is C47H53F4N7O12S3. The van der Waals surface area contributed by atoms with Crippen LogP contribution in [-0.2, 0) is 41.6 Å². The van der Waals surface area contributed by atoms with Gasteiger partial charge in [-0.15, -0.1) is 0 Å². The SMILES string of the molecule is CN(CCS(=O)(=O)O)C(=O)c1c(F)c(F)c(F)c(F)c1C1=c2cc3c4c(c2Oc2cc5c(cc21)C(CS(=O)(=O)O)=CC(C)(C)N5CCCCCC(=O)NCCCN=[N+]=[N-])CCC[N+]=4C(C)(C)C=C3CS(=O)(=O)[O-]. The first-order valence-corrected chi connectivity index (χ1v) is 27.9. The third-order valence-electron chi connectivity index (χ3n) is 13.2. The second-order valence-electron chi connectivity index (χ2n) is 19.4. The number of benzene rings is 3. The molecule has 0 saturated heterocycles. The lowest BCUT2D eigenvalue weighted by Gasteiger charge is -2.44. The summed E-state index contributed by atoms with van der Waals surface area (Å²) in [5.74, 6) is -14.1. The van der Waals surface area contributed by atoms with E-state index in [0.717, 1.165) is 7.05 Å². The summed E-state index contributed by atoms with van der Waals surface area (Å²) in [6.07, 6.45) is 5.89. The van der Waals surface area contributed by atoms with Crippen LogP contribution < -0.4 is 30.1 Å². The molecule has 3 aromatic carbocycles. The summed E-state index contributed by atoms with van der Waals surface area (Å²) >= 11 is 0. The number of hydrogen-bond donors (Lipinski definition) is 3. The molecule has 0 bridgehead atoms. The number of nitrogens with zero attached hydrogens (tertiary/aromatic N) is 6. The number of nitrogens with one attached hydrogen (secondary N) is 1. The summed E-state index contributed by atoms with van der Waals surface area (Å²) in [7, 11) is -13.6. The Kier molecular flexibility index (Phi) is 15.4. The van der Waals surface area contributed by atoms with Crippen LogP contribution in [0.3, 0.4) is 0 Å². The van der Waals surface area contributed by atoms with E-state index in [4.69, 9.17) is 10.3 Å². The van der Waals surface area contributed by atoms with Crippen LogP contribution in [0.1, 0.15) is 104 Å². The number of carbonyl (C=O) groups excluding carboxylic acids is 2. The van der Waals surface area contributed by atoms with Crippen LogP contribution in [0.15, 0.2) is 35.5 Å². The molecule has 4 heterocycles. The number of halogens is 4. The zero-order valence-electron chi connectivity index (χ0n) is 40.4. The fraction of sp³-hybridized carbons (Fsp3) is 0.468. The zero-order chi connectivity index (χ0) is 53.7. The molecule has 0 fully saturated rings. The highest BCUT2D eigenvalue weighted by Gasteiger charge is 2.43. The topological polar surface area (TPSA) is 280 Å². The van der Waals surface area contributed by atoms with Gasteiger partial charge in [0, 0.05) is 104 Å². The molecule has 3 aromatic rings. The van der Waals surface area contributed by atoms with E-state index >= 15 is 17.6 Å². The molecule has 0 saturated carbocycles. The maximum Gasteiger partial charge on any atom is 0.269 e. The molecule has 0 atom stereocenters. The van der Waals surface area contributed by atoms with Crippen molar-refractivity contribution in [3.05, 3.63) is 108 Å². The van der Waals surface area contributed by atoms with Crippen LogP contribution in [0.2, 0.25) is 0 Å². The number of hydrogen-bond acceptors (Lipinski definition) is 12. The Balaban J connectivity index is 1.51. The normalized spacial score (nSPS) is 16.5. The minimum atomic E-state index is -5.00. The van der Waals surface area contributed by atoms with Crippen molar-refractivity contribution in [2.45, 2.75) is 83.7 Å². The van der Waals surface area contributed by atoms with Crippen molar-refractivity contribution in [1.29, 1.82) is 0 Å².